The van der Waals surface area contributed by atoms with E-state index in [9.17, 15) is 0 Å². The van der Waals surface area contributed by atoms with E-state index in [2.05, 4.69) is 65.3 Å². The number of furan rings is 1. The molecule has 1 atom stereocenters. The second-order valence-corrected chi connectivity index (χ2v) is 6.16. The van der Waals surface area contributed by atoms with Crippen LogP contribution < -0.4 is 0 Å². The number of halogens is 1. The fourth-order valence-electron chi connectivity index (χ4n) is 2.80. The van der Waals surface area contributed by atoms with Gasteiger partial charge in [0.15, 0.2) is 0 Å². The maximum Gasteiger partial charge on any atom is 0.105 e. The van der Waals surface area contributed by atoms with Gasteiger partial charge in [-0.15, -0.1) is 0 Å². The average molecular weight is 329 g/mol. The van der Waals surface area contributed by atoms with Gasteiger partial charge >= 0.3 is 0 Å². The summed E-state index contributed by atoms with van der Waals surface area (Å²) in [5.41, 5.74) is 3.83. The Morgan fingerprint density at radius 3 is 2.45 bits per heavy atom. The summed E-state index contributed by atoms with van der Waals surface area (Å²) in [7, 11) is 0. The molecule has 0 saturated heterocycles. The molecule has 0 aliphatic rings. The summed E-state index contributed by atoms with van der Waals surface area (Å²) < 4.78 is 5.68. The molecule has 0 bridgehead atoms. The number of benzene rings is 2. The van der Waals surface area contributed by atoms with Crippen LogP contribution in [0.15, 0.2) is 46.9 Å². The lowest BCUT2D eigenvalue weighted by molar-refractivity contribution is 0.502. The lowest BCUT2D eigenvalue weighted by Crippen LogP contribution is -1.97. The molecule has 1 nitrogen and oxygen atoms in total. The highest BCUT2D eigenvalue weighted by Gasteiger charge is 2.20. The molecule has 3 rings (SSSR count). The average Bonchev–Trinajstić information content (AvgIpc) is 2.77. The largest absolute Gasteiger partial charge is 0.466 e. The third kappa shape index (κ3) is 2.18. The van der Waals surface area contributed by atoms with Crippen LogP contribution in [0.2, 0.25) is 0 Å². The third-order valence-corrected chi connectivity index (χ3v) is 4.75. The van der Waals surface area contributed by atoms with Gasteiger partial charge in [0.25, 0.3) is 0 Å². The molecule has 0 aliphatic carbocycles. The van der Waals surface area contributed by atoms with Gasteiger partial charge in [0.1, 0.15) is 11.5 Å². The Labute approximate surface area is 127 Å². The van der Waals surface area contributed by atoms with Gasteiger partial charge in [-0.05, 0) is 48.7 Å². The van der Waals surface area contributed by atoms with Gasteiger partial charge in [-0.1, -0.05) is 52.3 Å². The van der Waals surface area contributed by atoms with Gasteiger partial charge in [-0.3, -0.25) is 0 Å². The summed E-state index contributed by atoms with van der Waals surface area (Å²) in [5, 5.41) is 2.57. The summed E-state index contributed by atoms with van der Waals surface area (Å²) in [6, 6.07) is 15.0. The van der Waals surface area contributed by atoms with Gasteiger partial charge in [-0.2, -0.15) is 0 Å². The molecule has 0 fully saturated rings. The van der Waals surface area contributed by atoms with E-state index in [4.69, 9.17) is 4.42 Å². The summed E-state index contributed by atoms with van der Waals surface area (Å²) in [4.78, 5) is 0.158. The van der Waals surface area contributed by atoms with Crippen molar-refractivity contribution in [1.29, 1.82) is 0 Å². The van der Waals surface area contributed by atoms with E-state index in [0.29, 0.717) is 0 Å². The molecule has 0 radical (unpaired) electrons. The second-order valence-electron chi connectivity index (χ2n) is 5.25. The van der Waals surface area contributed by atoms with Gasteiger partial charge in [0.05, 0.1) is 4.83 Å². The summed E-state index contributed by atoms with van der Waals surface area (Å²) in [5.74, 6) is 1.94. The van der Waals surface area contributed by atoms with Crippen LogP contribution in [0.25, 0.3) is 10.8 Å². The van der Waals surface area contributed by atoms with Crippen LogP contribution in [0.1, 0.15) is 33.0 Å². The van der Waals surface area contributed by atoms with E-state index < -0.39 is 0 Å². The molecule has 0 amide bonds. The van der Waals surface area contributed by atoms with Gasteiger partial charge in [0, 0.05) is 5.56 Å². The second kappa shape index (κ2) is 5.10. The molecule has 1 unspecified atom stereocenters. The van der Waals surface area contributed by atoms with Crippen LogP contribution in [0, 0.1) is 20.8 Å². The normalized spacial score (nSPS) is 12.8. The Hall–Kier alpha value is -1.54. The fourth-order valence-corrected chi connectivity index (χ4v) is 3.86. The highest BCUT2D eigenvalue weighted by atomic mass is 79.9. The molecular formula is C18H17BrO. The van der Waals surface area contributed by atoms with E-state index in [1.54, 1.807) is 0 Å². The molecule has 3 aromatic rings. The minimum Gasteiger partial charge on any atom is -0.466 e. The van der Waals surface area contributed by atoms with Crippen molar-refractivity contribution in [2.24, 2.45) is 0 Å². The van der Waals surface area contributed by atoms with Crippen LogP contribution in [0.3, 0.4) is 0 Å². The number of aryl methyl sites for hydroxylation is 3. The summed E-state index contributed by atoms with van der Waals surface area (Å²) in [6.07, 6.45) is 0. The van der Waals surface area contributed by atoms with E-state index in [-0.39, 0.29) is 4.83 Å². The van der Waals surface area contributed by atoms with Gasteiger partial charge in [-0.25, -0.2) is 0 Å². The van der Waals surface area contributed by atoms with Crippen LogP contribution in [-0.2, 0) is 0 Å². The lowest BCUT2D eigenvalue weighted by atomic mass is 9.94. The molecule has 102 valence electrons. The molecule has 0 aliphatic heterocycles. The predicted molar refractivity (Wildman–Crippen MR) is 87.6 cm³/mol. The van der Waals surface area contributed by atoms with Gasteiger partial charge in [0.2, 0.25) is 0 Å². The van der Waals surface area contributed by atoms with Crippen molar-refractivity contribution >= 4 is 26.7 Å². The standard InChI is InChI=1S/C18H17BrO/c1-11-8-9-14-6-4-5-7-15(14)17(11)18(19)16-10-12(2)20-13(16)3/h4-10,18H,1-3H3. The zero-order valence-electron chi connectivity index (χ0n) is 11.9. The minimum atomic E-state index is 0.158. The Morgan fingerprint density at radius 1 is 1.00 bits per heavy atom. The smallest absolute Gasteiger partial charge is 0.105 e. The molecular weight excluding hydrogens is 312 g/mol. The molecule has 0 spiro atoms. The first kappa shape index (κ1) is 13.4. The van der Waals surface area contributed by atoms with Crippen molar-refractivity contribution in [2.45, 2.75) is 25.6 Å². The monoisotopic (exact) mass is 328 g/mol. The summed E-state index contributed by atoms with van der Waals surface area (Å²) in [6.45, 7) is 6.18. The van der Waals surface area contributed by atoms with Crippen molar-refractivity contribution in [3.8, 4) is 0 Å². The van der Waals surface area contributed by atoms with Crippen molar-refractivity contribution in [1.82, 2.24) is 0 Å². The Bertz CT molecular complexity index is 770. The van der Waals surface area contributed by atoms with Crippen molar-refractivity contribution < 1.29 is 4.42 Å². The van der Waals surface area contributed by atoms with Crippen LogP contribution in [0.5, 0.6) is 0 Å². The first-order valence-corrected chi connectivity index (χ1v) is 7.68. The maximum absolute atomic E-state index is 5.68. The summed E-state index contributed by atoms with van der Waals surface area (Å²) >= 11 is 3.87. The minimum absolute atomic E-state index is 0.158. The molecule has 0 N–H and O–H groups in total. The van der Waals surface area contributed by atoms with E-state index in [1.807, 2.05) is 13.8 Å². The van der Waals surface area contributed by atoms with E-state index >= 15 is 0 Å². The third-order valence-electron chi connectivity index (χ3n) is 3.79. The van der Waals surface area contributed by atoms with Crippen LogP contribution in [-0.4, -0.2) is 0 Å². The van der Waals surface area contributed by atoms with Crippen molar-refractivity contribution in [3.05, 3.63) is 70.7 Å². The van der Waals surface area contributed by atoms with E-state index in [1.165, 1.54) is 27.5 Å². The van der Waals surface area contributed by atoms with Crippen LogP contribution in [0.4, 0.5) is 0 Å². The molecule has 20 heavy (non-hydrogen) atoms. The number of hydrogen-bond donors (Lipinski definition) is 0. The SMILES string of the molecule is Cc1cc(C(Br)c2c(C)ccc3ccccc23)c(C)o1. The first-order chi connectivity index (χ1) is 9.58. The van der Waals surface area contributed by atoms with Crippen molar-refractivity contribution in [3.63, 3.8) is 0 Å². The van der Waals surface area contributed by atoms with Crippen molar-refractivity contribution in [2.75, 3.05) is 0 Å². The van der Waals surface area contributed by atoms with E-state index in [0.717, 1.165) is 11.5 Å². The Balaban J connectivity index is 2.23. The zero-order chi connectivity index (χ0) is 14.3. The van der Waals surface area contributed by atoms with Gasteiger partial charge < -0.3 is 4.42 Å². The molecule has 2 aromatic carbocycles. The Morgan fingerprint density at radius 2 is 1.75 bits per heavy atom. The van der Waals surface area contributed by atoms with Crippen LogP contribution >= 0.6 is 15.9 Å². The number of alkyl halides is 1. The topological polar surface area (TPSA) is 13.1 Å². The molecule has 2 heteroatoms. The Kier molecular flexibility index (Phi) is 3.43. The highest BCUT2D eigenvalue weighted by Crippen LogP contribution is 2.39. The molecule has 1 heterocycles. The predicted octanol–water partition coefficient (Wildman–Crippen LogP) is 5.84. The number of fused-ring (bicyclic) bond motifs is 1. The first-order valence-electron chi connectivity index (χ1n) is 6.77. The number of rotatable bonds is 2. The zero-order valence-corrected chi connectivity index (χ0v) is 13.5. The lowest BCUT2D eigenvalue weighted by Gasteiger charge is -2.16. The highest BCUT2D eigenvalue weighted by molar-refractivity contribution is 9.09. The fraction of sp³-hybridized carbons (Fsp3) is 0.222. The maximum atomic E-state index is 5.68. The molecule has 0 saturated carbocycles. The number of hydrogen-bond acceptors (Lipinski definition) is 1. The quantitative estimate of drug-likeness (QED) is 0.538. The molecule has 1 aromatic heterocycles.